The van der Waals surface area contributed by atoms with Crippen LogP contribution in [0.25, 0.3) is 10.8 Å². The van der Waals surface area contributed by atoms with Gasteiger partial charge in [0.2, 0.25) is 5.91 Å². The number of aryl methyl sites for hydroxylation is 1. The van der Waals surface area contributed by atoms with Crippen molar-refractivity contribution in [1.82, 2.24) is 4.98 Å². The summed E-state index contributed by atoms with van der Waals surface area (Å²) >= 11 is 7.89. The second kappa shape index (κ2) is 8.34. The second-order valence-electron chi connectivity index (χ2n) is 6.51. The number of hydrogen-bond acceptors (Lipinski definition) is 6. The summed E-state index contributed by atoms with van der Waals surface area (Å²) in [7, 11) is 0. The predicted molar refractivity (Wildman–Crippen MR) is 111 cm³/mol. The van der Waals surface area contributed by atoms with E-state index in [2.05, 4.69) is 15.2 Å². The van der Waals surface area contributed by atoms with Gasteiger partial charge in [-0.15, -0.1) is 11.3 Å². The molecule has 1 amide bonds. The number of rotatable bonds is 5. The average molecular weight is 418 g/mol. The van der Waals surface area contributed by atoms with E-state index in [-0.39, 0.29) is 12.3 Å². The molecule has 0 unspecified atom stereocenters. The summed E-state index contributed by atoms with van der Waals surface area (Å²) in [5, 5.41) is 6.25. The van der Waals surface area contributed by atoms with Crippen LogP contribution in [0.2, 0.25) is 5.02 Å². The number of thiazole rings is 1. The van der Waals surface area contributed by atoms with Crippen molar-refractivity contribution in [2.45, 2.75) is 13.3 Å². The molecule has 1 fully saturated rings. The van der Waals surface area contributed by atoms with Gasteiger partial charge in [-0.1, -0.05) is 17.7 Å². The first-order valence-electron chi connectivity index (χ1n) is 9.02. The van der Waals surface area contributed by atoms with Crippen molar-refractivity contribution in [3.8, 4) is 10.8 Å². The molecule has 8 heteroatoms. The SMILES string of the molecule is Cc1ccc(-c2nc(CC(=O)Nc3cccc(Cl)c3N3CCOCC3)cs2)o1. The highest BCUT2D eigenvalue weighted by Crippen LogP contribution is 2.34. The minimum Gasteiger partial charge on any atom is -0.459 e. The first-order chi connectivity index (χ1) is 13.6. The fraction of sp³-hybridized carbons (Fsp3) is 0.300. The molecule has 1 aromatic carbocycles. The Morgan fingerprint density at radius 3 is 2.86 bits per heavy atom. The third-order valence-corrected chi connectivity index (χ3v) is 5.64. The van der Waals surface area contributed by atoms with Crippen LogP contribution in [0.15, 0.2) is 40.1 Å². The largest absolute Gasteiger partial charge is 0.459 e. The number of morpholine rings is 1. The van der Waals surface area contributed by atoms with E-state index in [9.17, 15) is 4.79 Å². The molecule has 3 heterocycles. The molecule has 0 radical (unpaired) electrons. The van der Waals surface area contributed by atoms with E-state index in [1.54, 1.807) is 0 Å². The maximum Gasteiger partial charge on any atom is 0.230 e. The first-order valence-corrected chi connectivity index (χ1v) is 10.3. The number of aromatic nitrogens is 1. The molecule has 0 bridgehead atoms. The Bertz CT molecular complexity index is 979. The van der Waals surface area contributed by atoms with Crippen molar-refractivity contribution in [2.24, 2.45) is 0 Å². The van der Waals surface area contributed by atoms with Crippen molar-refractivity contribution in [3.63, 3.8) is 0 Å². The van der Waals surface area contributed by atoms with Crippen LogP contribution in [0.3, 0.4) is 0 Å². The zero-order valence-electron chi connectivity index (χ0n) is 15.4. The van der Waals surface area contributed by atoms with E-state index in [1.807, 2.05) is 42.6 Å². The molecular formula is C20H20ClN3O3S. The van der Waals surface area contributed by atoms with Crippen molar-refractivity contribution < 1.29 is 13.9 Å². The van der Waals surface area contributed by atoms with Crippen molar-refractivity contribution in [3.05, 3.63) is 52.2 Å². The van der Waals surface area contributed by atoms with Gasteiger partial charge in [0.1, 0.15) is 5.76 Å². The summed E-state index contributed by atoms with van der Waals surface area (Å²) in [6.45, 7) is 4.66. The highest BCUT2D eigenvalue weighted by molar-refractivity contribution is 7.13. The normalized spacial score (nSPS) is 14.3. The fourth-order valence-electron chi connectivity index (χ4n) is 3.13. The van der Waals surface area contributed by atoms with Crippen LogP contribution < -0.4 is 10.2 Å². The monoisotopic (exact) mass is 417 g/mol. The summed E-state index contributed by atoms with van der Waals surface area (Å²) in [6, 6.07) is 9.32. The number of furan rings is 1. The van der Waals surface area contributed by atoms with E-state index in [1.165, 1.54) is 11.3 Å². The number of para-hydroxylation sites is 1. The Balaban J connectivity index is 1.47. The van der Waals surface area contributed by atoms with E-state index in [0.717, 1.165) is 35.3 Å². The lowest BCUT2D eigenvalue weighted by Crippen LogP contribution is -2.37. The summed E-state index contributed by atoms with van der Waals surface area (Å²) in [5.41, 5.74) is 2.25. The van der Waals surface area contributed by atoms with Gasteiger partial charge in [0.25, 0.3) is 0 Å². The number of carbonyl (C=O) groups is 1. The number of hydrogen-bond donors (Lipinski definition) is 1. The highest BCUT2D eigenvalue weighted by atomic mass is 35.5. The average Bonchev–Trinajstić information content (AvgIpc) is 3.31. The number of nitrogens with one attached hydrogen (secondary N) is 1. The molecule has 0 atom stereocenters. The number of anilines is 2. The van der Waals surface area contributed by atoms with Crippen LogP contribution in [0.5, 0.6) is 0 Å². The fourth-order valence-corrected chi connectivity index (χ4v) is 4.21. The number of amides is 1. The van der Waals surface area contributed by atoms with Crippen molar-refractivity contribution >= 4 is 40.2 Å². The summed E-state index contributed by atoms with van der Waals surface area (Å²) in [4.78, 5) is 19.3. The molecule has 0 spiro atoms. The Kier molecular flexibility index (Phi) is 5.66. The molecule has 4 rings (SSSR count). The summed E-state index contributed by atoms with van der Waals surface area (Å²) in [5.74, 6) is 1.42. The third-order valence-electron chi connectivity index (χ3n) is 4.43. The van der Waals surface area contributed by atoms with E-state index in [0.29, 0.717) is 29.6 Å². The summed E-state index contributed by atoms with van der Waals surface area (Å²) < 4.78 is 11.0. The third kappa shape index (κ3) is 4.22. The van der Waals surface area contributed by atoms with Gasteiger partial charge < -0.3 is 19.4 Å². The lowest BCUT2D eigenvalue weighted by molar-refractivity contribution is -0.115. The smallest absolute Gasteiger partial charge is 0.230 e. The number of benzene rings is 1. The number of halogens is 1. The molecule has 28 heavy (non-hydrogen) atoms. The molecule has 1 N–H and O–H groups in total. The van der Waals surface area contributed by atoms with Gasteiger partial charge in [-0.25, -0.2) is 4.98 Å². The summed E-state index contributed by atoms with van der Waals surface area (Å²) in [6.07, 6.45) is 0.186. The van der Waals surface area contributed by atoms with E-state index in [4.69, 9.17) is 20.8 Å². The van der Waals surface area contributed by atoms with E-state index >= 15 is 0 Å². The molecule has 0 aliphatic carbocycles. The first kappa shape index (κ1) is 19.0. The van der Waals surface area contributed by atoms with Gasteiger partial charge in [0, 0.05) is 18.5 Å². The van der Waals surface area contributed by atoms with Gasteiger partial charge in [-0.2, -0.15) is 0 Å². The van der Waals surface area contributed by atoms with Gasteiger partial charge in [0.05, 0.1) is 41.7 Å². The molecule has 1 aliphatic heterocycles. The number of carbonyl (C=O) groups excluding carboxylic acids is 1. The van der Waals surface area contributed by atoms with Crippen LogP contribution in [0.1, 0.15) is 11.5 Å². The number of nitrogens with zero attached hydrogens (tertiary/aromatic N) is 2. The Morgan fingerprint density at radius 1 is 1.29 bits per heavy atom. The Morgan fingerprint density at radius 2 is 2.11 bits per heavy atom. The molecule has 0 saturated carbocycles. The van der Waals surface area contributed by atoms with Crippen molar-refractivity contribution in [1.29, 1.82) is 0 Å². The van der Waals surface area contributed by atoms with Crippen LogP contribution >= 0.6 is 22.9 Å². The van der Waals surface area contributed by atoms with Gasteiger partial charge >= 0.3 is 0 Å². The van der Waals surface area contributed by atoms with Crippen LogP contribution in [0, 0.1) is 6.92 Å². The standard InChI is InChI=1S/C20H20ClN3O3S/c1-13-5-6-17(27-13)20-22-14(12-28-20)11-18(25)23-16-4-2-3-15(21)19(16)24-7-9-26-10-8-24/h2-6,12H,7-11H2,1H3,(H,23,25). The molecular weight excluding hydrogens is 398 g/mol. The molecule has 6 nitrogen and oxygen atoms in total. The molecule has 146 valence electrons. The highest BCUT2D eigenvalue weighted by Gasteiger charge is 2.19. The minimum atomic E-state index is -0.135. The lowest BCUT2D eigenvalue weighted by atomic mass is 10.2. The Labute approximate surface area is 172 Å². The maximum absolute atomic E-state index is 12.6. The zero-order chi connectivity index (χ0) is 19.5. The molecule has 1 aliphatic rings. The quantitative estimate of drug-likeness (QED) is 0.667. The van der Waals surface area contributed by atoms with Crippen LogP contribution in [-0.4, -0.2) is 37.2 Å². The lowest BCUT2D eigenvalue weighted by Gasteiger charge is -2.31. The topological polar surface area (TPSA) is 67.6 Å². The zero-order valence-corrected chi connectivity index (χ0v) is 17.0. The second-order valence-corrected chi connectivity index (χ2v) is 7.78. The van der Waals surface area contributed by atoms with Gasteiger partial charge in [-0.05, 0) is 31.2 Å². The molecule has 2 aromatic heterocycles. The molecule has 3 aromatic rings. The Hall–Kier alpha value is -2.35. The van der Waals surface area contributed by atoms with Gasteiger partial charge in [0.15, 0.2) is 10.8 Å². The maximum atomic E-state index is 12.6. The molecule has 1 saturated heterocycles. The van der Waals surface area contributed by atoms with Crippen LogP contribution in [-0.2, 0) is 16.0 Å². The van der Waals surface area contributed by atoms with Gasteiger partial charge in [-0.3, -0.25) is 4.79 Å². The van der Waals surface area contributed by atoms with Crippen molar-refractivity contribution in [2.75, 3.05) is 36.5 Å². The minimum absolute atomic E-state index is 0.135. The predicted octanol–water partition coefficient (Wildman–Crippen LogP) is 4.38. The van der Waals surface area contributed by atoms with E-state index < -0.39 is 0 Å². The number of ether oxygens (including phenoxy) is 1. The van der Waals surface area contributed by atoms with Crippen LogP contribution in [0.4, 0.5) is 11.4 Å².